The number of fused-ring (bicyclic) bond motifs is 1. The van der Waals surface area contributed by atoms with Crippen molar-refractivity contribution in [3.8, 4) is 0 Å². The monoisotopic (exact) mass is 597 g/mol. The van der Waals surface area contributed by atoms with Crippen LogP contribution in [-0.4, -0.2) is 100 Å². The molecule has 2 N–H and O–H groups in total. The maximum atomic E-state index is 13.9. The van der Waals surface area contributed by atoms with Gasteiger partial charge in [0.25, 0.3) is 0 Å². The Morgan fingerprint density at radius 2 is 2.11 bits per heavy atom. The first kappa shape index (κ1) is 30.3. The summed E-state index contributed by atoms with van der Waals surface area (Å²) < 4.78 is 12.1. The van der Waals surface area contributed by atoms with Crippen LogP contribution in [0, 0.1) is 11.8 Å². The minimum atomic E-state index is -1.21. The highest BCUT2D eigenvalue weighted by atomic mass is 79.9. The molecule has 3 rings (SSSR count). The maximum Gasteiger partial charge on any atom is 0.312 e. The molecule has 3 fully saturated rings. The Morgan fingerprint density at radius 3 is 2.74 bits per heavy atom. The molecule has 3 amide bonds. The number of halogens is 1. The number of hydrogen-bond donors (Lipinski definition) is 2. The molecule has 0 aliphatic carbocycles. The second-order valence-corrected chi connectivity index (χ2v) is 11.4. The van der Waals surface area contributed by atoms with E-state index in [9.17, 15) is 24.3 Å². The van der Waals surface area contributed by atoms with Crippen molar-refractivity contribution in [1.82, 2.24) is 15.1 Å². The predicted octanol–water partition coefficient (Wildman–Crippen LogP) is 1.56. The molecular weight excluding hydrogens is 558 g/mol. The molecule has 0 aromatic rings. The van der Waals surface area contributed by atoms with E-state index >= 15 is 0 Å². The number of β-amino-alcohol motifs (C(OH)–C–C–N with tert-alkyl or cyclic N) is 1. The number of carbonyl (C=O) groups is 4. The number of amides is 3. The van der Waals surface area contributed by atoms with Crippen molar-refractivity contribution in [3.63, 3.8) is 0 Å². The molecular formula is C27H40BrN3O7. The number of aliphatic hydroxyl groups excluding tert-OH is 1. The van der Waals surface area contributed by atoms with Gasteiger partial charge >= 0.3 is 5.97 Å². The van der Waals surface area contributed by atoms with Crippen molar-refractivity contribution in [2.24, 2.45) is 11.8 Å². The number of carbonyl (C=O) groups excluding carboxylic acids is 4. The lowest BCUT2D eigenvalue weighted by atomic mass is 9.70. The molecule has 3 saturated heterocycles. The van der Waals surface area contributed by atoms with Gasteiger partial charge in [-0.2, -0.15) is 0 Å². The molecule has 38 heavy (non-hydrogen) atoms. The van der Waals surface area contributed by atoms with Crippen LogP contribution in [0.5, 0.6) is 0 Å². The van der Waals surface area contributed by atoms with Gasteiger partial charge in [0.05, 0.1) is 31.1 Å². The number of likely N-dealkylation sites (tertiary alicyclic amines) is 1. The molecule has 0 saturated carbocycles. The molecule has 1 spiro atoms. The quantitative estimate of drug-likeness (QED) is 0.167. The van der Waals surface area contributed by atoms with Crippen molar-refractivity contribution in [2.45, 2.75) is 74.6 Å². The third-order valence-corrected chi connectivity index (χ3v) is 8.40. The molecule has 3 heterocycles. The summed E-state index contributed by atoms with van der Waals surface area (Å²) >= 11 is 3.62. The van der Waals surface area contributed by atoms with Gasteiger partial charge in [-0.3, -0.25) is 19.2 Å². The summed E-state index contributed by atoms with van der Waals surface area (Å²) in [6.45, 7) is 11.7. The number of nitrogens with zero attached hydrogens (tertiary/aromatic N) is 2. The number of esters is 1. The fourth-order valence-corrected chi connectivity index (χ4v) is 6.84. The van der Waals surface area contributed by atoms with Gasteiger partial charge in [-0.15, -0.1) is 13.2 Å². The van der Waals surface area contributed by atoms with Gasteiger partial charge in [-0.1, -0.05) is 41.4 Å². The van der Waals surface area contributed by atoms with Gasteiger partial charge in [0.1, 0.15) is 17.7 Å². The molecule has 3 aliphatic heterocycles. The SMILES string of the molecule is C=CCCC(=O)NC[C@H](C)OC(=O)[C@@H]1[C@H]2O[C@@]3(CC2Br)[C@H](C(=O)N(CC=C)CCCC)N(CCO)C(=O)[C@@H]13. The van der Waals surface area contributed by atoms with Gasteiger partial charge in [-0.05, 0) is 26.2 Å². The molecule has 0 radical (unpaired) electrons. The molecule has 212 valence electrons. The number of hydrogen-bond acceptors (Lipinski definition) is 7. The van der Waals surface area contributed by atoms with E-state index < -0.39 is 41.7 Å². The van der Waals surface area contributed by atoms with Crippen molar-refractivity contribution < 1.29 is 33.8 Å². The maximum absolute atomic E-state index is 13.9. The lowest BCUT2D eigenvalue weighted by Crippen LogP contribution is -2.57. The number of rotatable bonds is 15. The predicted molar refractivity (Wildman–Crippen MR) is 144 cm³/mol. The van der Waals surface area contributed by atoms with E-state index in [0.717, 1.165) is 12.8 Å². The summed E-state index contributed by atoms with van der Waals surface area (Å²) in [5.74, 6) is -3.25. The van der Waals surface area contributed by atoms with Gasteiger partial charge in [0.15, 0.2) is 0 Å². The van der Waals surface area contributed by atoms with Crippen molar-refractivity contribution >= 4 is 39.6 Å². The Kier molecular flexibility index (Phi) is 10.5. The second kappa shape index (κ2) is 13.2. The standard InChI is InChI=1S/C27H40BrN3O7/c1-5-8-10-19(33)29-16-17(4)37-26(36)20-21-24(34)31(13-14-32)23(27(21)15-18(28)22(20)38-27)25(35)30(11-7-3)12-9-6-2/h5,7,17-18,20-23,32H,1,3,6,8-16H2,2,4H3,(H,29,33)/t17-,18?,20-,21+,22-,23-,27+/m0/s1. The highest BCUT2D eigenvalue weighted by Gasteiger charge is 2.77. The second-order valence-electron chi connectivity index (χ2n) is 10.2. The third kappa shape index (κ3) is 5.84. The number of ether oxygens (including phenoxy) is 2. The molecule has 1 unspecified atom stereocenters. The van der Waals surface area contributed by atoms with Crippen LogP contribution in [0.1, 0.15) is 46.0 Å². The topological polar surface area (TPSA) is 125 Å². The first-order valence-corrected chi connectivity index (χ1v) is 14.3. The molecule has 3 aliphatic rings. The minimum absolute atomic E-state index is 0.0426. The molecule has 0 aromatic heterocycles. The molecule has 7 atom stereocenters. The number of allylic oxidation sites excluding steroid dienone is 1. The zero-order valence-corrected chi connectivity index (χ0v) is 23.9. The van der Waals surface area contributed by atoms with E-state index in [1.165, 1.54) is 4.90 Å². The summed E-state index contributed by atoms with van der Waals surface area (Å²) in [4.78, 5) is 55.8. The number of nitrogens with one attached hydrogen (secondary N) is 1. The zero-order chi connectivity index (χ0) is 28.0. The van der Waals surface area contributed by atoms with E-state index in [1.807, 2.05) is 6.92 Å². The fourth-order valence-electron chi connectivity index (χ4n) is 5.89. The largest absolute Gasteiger partial charge is 0.460 e. The Labute approximate surface area is 232 Å². The molecule has 0 aromatic carbocycles. The van der Waals surface area contributed by atoms with Gasteiger partial charge in [-0.25, -0.2) is 0 Å². The van der Waals surface area contributed by atoms with E-state index in [0.29, 0.717) is 32.4 Å². The highest BCUT2D eigenvalue weighted by molar-refractivity contribution is 9.09. The van der Waals surface area contributed by atoms with Crippen LogP contribution < -0.4 is 5.32 Å². The summed E-state index contributed by atoms with van der Waals surface area (Å²) in [5, 5.41) is 12.5. The van der Waals surface area contributed by atoms with Gasteiger partial charge in [0, 0.05) is 30.9 Å². The average Bonchev–Trinajstić information content (AvgIpc) is 3.47. The summed E-state index contributed by atoms with van der Waals surface area (Å²) in [6.07, 6.45) is 4.94. The van der Waals surface area contributed by atoms with Crippen LogP contribution in [0.15, 0.2) is 25.3 Å². The van der Waals surface area contributed by atoms with E-state index in [2.05, 4.69) is 34.4 Å². The van der Waals surface area contributed by atoms with Crippen molar-refractivity contribution in [2.75, 3.05) is 32.8 Å². The highest BCUT2D eigenvalue weighted by Crippen LogP contribution is 2.60. The van der Waals surface area contributed by atoms with Crippen LogP contribution in [0.25, 0.3) is 0 Å². The fraction of sp³-hybridized carbons (Fsp3) is 0.704. The van der Waals surface area contributed by atoms with Crippen molar-refractivity contribution in [3.05, 3.63) is 25.3 Å². The summed E-state index contributed by atoms with van der Waals surface area (Å²) in [5.41, 5.74) is -1.21. The lowest BCUT2D eigenvalue weighted by Gasteiger charge is -2.37. The number of alkyl halides is 1. The van der Waals surface area contributed by atoms with E-state index in [-0.39, 0.29) is 42.2 Å². The van der Waals surface area contributed by atoms with Crippen molar-refractivity contribution in [1.29, 1.82) is 0 Å². The number of aliphatic hydroxyl groups is 1. The summed E-state index contributed by atoms with van der Waals surface area (Å²) in [7, 11) is 0. The Morgan fingerprint density at radius 1 is 1.37 bits per heavy atom. The zero-order valence-electron chi connectivity index (χ0n) is 22.3. The molecule has 11 heteroatoms. The molecule has 2 bridgehead atoms. The lowest BCUT2D eigenvalue weighted by molar-refractivity contribution is -0.159. The van der Waals surface area contributed by atoms with E-state index in [1.54, 1.807) is 24.0 Å². The smallest absolute Gasteiger partial charge is 0.312 e. The van der Waals surface area contributed by atoms with Gasteiger partial charge < -0.3 is 29.7 Å². The first-order valence-electron chi connectivity index (χ1n) is 13.4. The first-order chi connectivity index (χ1) is 18.2. The Bertz CT molecular complexity index is 930. The van der Waals surface area contributed by atoms with Crippen LogP contribution in [0.2, 0.25) is 0 Å². The average molecular weight is 599 g/mol. The summed E-state index contributed by atoms with van der Waals surface area (Å²) in [6, 6.07) is -0.964. The van der Waals surface area contributed by atoms with Crippen LogP contribution in [0.3, 0.4) is 0 Å². The number of unbranched alkanes of at least 4 members (excludes halogenated alkanes) is 1. The Balaban J connectivity index is 1.84. The third-order valence-electron chi connectivity index (χ3n) is 7.56. The Hall–Kier alpha value is -2.24. The normalized spacial score (nSPS) is 30.1. The van der Waals surface area contributed by atoms with Crippen LogP contribution in [-0.2, 0) is 28.7 Å². The van der Waals surface area contributed by atoms with Crippen LogP contribution in [0.4, 0.5) is 0 Å². The van der Waals surface area contributed by atoms with Gasteiger partial charge in [0.2, 0.25) is 17.7 Å². The minimum Gasteiger partial charge on any atom is -0.460 e. The van der Waals surface area contributed by atoms with E-state index in [4.69, 9.17) is 9.47 Å². The van der Waals surface area contributed by atoms with Crippen LogP contribution >= 0.6 is 15.9 Å². The molecule has 10 nitrogen and oxygen atoms in total.